The number of fused-ring (bicyclic) bond motifs is 1. The molecule has 1 saturated heterocycles. The molecule has 0 radical (unpaired) electrons. The van der Waals surface area contributed by atoms with E-state index in [0.29, 0.717) is 6.04 Å². The fraction of sp³-hybridized carbons (Fsp3) is 0.533. The first-order valence-corrected chi connectivity index (χ1v) is 7.17. The molecule has 19 heavy (non-hydrogen) atoms. The van der Waals surface area contributed by atoms with E-state index in [0.717, 1.165) is 29.9 Å². The second kappa shape index (κ2) is 5.72. The van der Waals surface area contributed by atoms with Crippen molar-refractivity contribution < 1.29 is 0 Å². The summed E-state index contributed by atoms with van der Waals surface area (Å²) in [7, 11) is 2.17. The summed E-state index contributed by atoms with van der Waals surface area (Å²) in [5.41, 5.74) is 2.18. The molecule has 2 aromatic rings. The van der Waals surface area contributed by atoms with Crippen molar-refractivity contribution in [3.8, 4) is 0 Å². The zero-order chi connectivity index (χ0) is 13.1. The van der Waals surface area contributed by atoms with Gasteiger partial charge in [0.1, 0.15) is 5.82 Å². The average Bonchev–Trinajstić information content (AvgIpc) is 2.81. The number of imidazole rings is 1. The van der Waals surface area contributed by atoms with Crippen LogP contribution < -0.4 is 5.32 Å². The summed E-state index contributed by atoms with van der Waals surface area (Å²) >= 11 is 0. The Morgan fingerprint density at radius 3 is 3.00 bits per heavy atom. The summed E-state index contributed by atoms with van der Waals surface area (Å²) in [5, 5.41) is 3.59. The molecule has 1 aliphatic heterocycles. The predicted octanol–water partition coefficient (Wildman–Crippen LogP) is 2.14. The molecular formula is C15H22N4. The molecule has 0 amide bonds. The van der Waals surface area contributed by atoms with Crippen LogP contribution in [-0.2, 0) is 6.54 Å². The number of hydrogen-bond acceptors (Lipinski definition) is 3. The molecule has 1 unspecified atom stereocenters. The number of hydrogen-bond donors (Lipinski definition) is 2. The quantitative estimate of drug-likeness (QED) is 0.883. The highest BCUT2D eigenvalue weighted by molar-refractivity contribution is 5.74. The third-order valence-electron chi connectivity index (χ3n) is 3.80. The Balaban J connectivity index is 1.60. The first kappa shape index (κ1) is 12.6. The van der Waals surface area contributed by atoms with Crippen LogP contribution >= 0.6 is 0 Å². The number of rotatable bonds is 4. The van der Waals surface area contributed by atoms with E-state index in [9.17, 15) is 0 Å². The van der Waals surface area contributed by atoms with Crippen molar-refractivity contribution >= 4 is 11.0 Å². The lowest BCUT2D eigenvalue weighted by atomic mass is 10.0. The molecule has 2 N–H and O–H groups in total. The van der Waals surface area contributed by atoms with Gasteiger partial charge in [-0.25, -0.2) is 4.98 Å². The van der Waals surface area contributed by atoms with Crippen molar-refractivity contribution in [2.45, 2.75) is 31.8 Å². The van der Waals surface area contributed by atoms with E-state index >= 15 is 0 Å². The number of piperidine rings is 1. The Hall–Kier alpha value is -1.39. The maximum Gasteiger partial charge on any atom is 0.121 e. The highest BCUT2D eigenvalue weighted by Crippen LogP contribution is 2.12. The van der Waals surface area contributed by atoms with Gasteiger partial charge in [0.2, 0.25) is 0 Å². The largest absolute Gasteiger partial charge is 0.341 e. The van der Waals surface area contributed by atoms with E-state index in [1.54, 1.807) is 0 Å². The maximum absolute atomic E-state index is 4.63. The van der Waals surface area contributed by atoms with Crippen molar-refractivity contribution in [2.75, 3.05) is 20.1 Å². The Kier molecular flexibility index (Phi) is 3.80. The van der Waals surface area contributed by atoms with Gasteiger partial charge in [-0.15, -0.1) is 0 Å². The monoisotopic (exact) mass is 258 g/mol. The van der Waals surface area contributed by atoms with Crippen LogP contribution in [0.3, 0.4) is 0 Å². The van der Waals surface area contributed by atoms with Crippen LogP contribution in [0.2, 0.25) is 0 Å². The molecule has 1 fully saturated rings. The SMILES string of the molecule is CN(Cc1nc2ccccc2[nH]1)CC1CCCCN1. The van der Waals surface area contributed by atoms with Gasteiger partial charge in [-0.2, -0.15) is 0 Å². The van der Waals surface area contributed by atoms with Crippen LogP contribution in [0, 0.1) is 0 Å². The molecule has 1 aromatic heterocycles. The summed E-state index contributed by atoms with van der Waals surface area (Å²) in [5.74, 6) is 1.06. The van der Waals surface area contributed by atoms with Crippen molar-refractivity contribution in [3.63, 3.8) is 0 Å². The van der Waals surface area contributed by atoms with Gasteiger partial charge in [-0.3, -0.25) is 4.90 Å². The van der Waals surface area contributed by atoms with E-state index in [4.69, 9.17) is 0 Å². The molecule has 0 spiro atoms. The summed E-state index contributed by atoms with van der Waals surface area (Å²) in [6, 6.07) is 8.85. The molecule has 1 aromatic carbocycles. The second-order valence-electron chi connectivity index (χ2n) is 5.54. The number of H-pyrrole nitrogens is 1. The second-order valence-corrected chi connectivity index (χ2v) is 5.54. The van der Waals surface area contributed by atoms with E-state index < -0.39 is 0 Å². The molecular weight excluding hydrogens is 236 g/mol. The average molecular weight is 258 g/mol. The van der Waals surface area contributed by atoms with Gasteiger partial charge in [0.15, 0.2) is 0 Å². The van der Waals surface area contributed by atoms with Crippen molar-refractivity contribution in [1.29, 1.82) is 0 Å². The van der Waals surface area contributed by atoms with Gasteiger partial charge in [0, 0.05) is 12.6 Å². The van der Waals surface area contributed by atoms with Gasteiger partial charge >= 0.3 is 0 Å². The molecule has 0 saturated carbocycles. The summed E-state index contributed by atoms with van der Waals surface area (Å²) in [6.07, 6.45) is 3.98. The van der Waals surface area contributed by atoms with E-state index in [1.165, 1.54) is 25.8 Å². The number of nitrogens with zero attached hydrogens (tertiary/aromatic N) is 2. The lowest BCUT2D eigenvalue weighted by Crippen LogP contribution is -2.42. The van der Waals surface area contributed by atoms with Crippen LogP contribution in [0.25, 0.3) is 11.0 Å². The number of aromatic amines is 1. The summed E-state index contributed by atoms with van der Waals surface area (Å²) < 4.78 is 0. The van der Waals surface area contributed by atoms with Crippen LogP contribution in [0.15, 0.2) is 24.3 Å². The van der Waals surface area contributed by atoms with Crippen LogP contribution in [0.1, 0.15) is 25.1 Å². The number of likely N-dealkylation sites (N-methyl/N-ethyl adjacent to an activating group) is 1. The molecule has 0 bridgehead atoms. The molecule has 4 nitrogen and oxygen atoms in total. The topological polar surface area (TPSA) is 44.0 Å². The minimum Gasteiger partial charge on any atom is -0.341 e. The smallest absolute Gasteiger partial charge is 0.121 e. The highest BCUT2D eigenvalue weighted by atomic mass is 15.1. The summed E-state index contributed by atoms with van der Waals surface area (Å²) in [4.78, 5) is 10.4. The predicted molar refractivity (Wildman–Crippen MR) is 78.1 cm³/mol. The molecule has 1 atom stereocenters. The van der Waals surface area contributed by atoms with E-state index in [2.05, 4.69) is 39.4 Å². The first-order chi connectivity index (χ1) is 9.31. The third kappa shape index (κ3) is 3.14. The molecule has 1 aliphatic rings. The fourth-order valence-corrected chi connectivity index (χ4v) is 2.86. The van der Waals surface area contributed by atoms with Gasteiger partial charge in [-0.05, 0) is 38.6 Å². The Morgan fingerprint density at radius 1 is 1.32 bits per heavy atom. The number of para-hydroxylation sites is 2. The van der Waals surface area contributed by atoms with Crippen molar-refractivity contribution in [1.82, 2.24) is 20.2 Å². The molecule has 0 aliphatic carbocycles. The molecule has 2 heterocycles. The Morgan fingerprint density at radius 2 is 2.21 bits per heavy atom. The highest BCUT2D eigenvalue weighted by Gasteiger charge is 2.15. The number of nitrogens with one attached hydrogen (secondary N) is 2. The Bertz CT molecular complexity index is 495. The minimum atomic E-state index is 0.642. The van der Waals surface area contributed by atoms with Gasteiger partial charge < -0.3 is 10.3 Å². The molecule has 4 heteroatoms. The molecule has 102 valence electrons. The fourth-order valence-electron chi connectivity index (χ4n) is 2.86. The maximum atomic E-state index is 4.63. The molecule has 3 rings (SSSR count). The lowest BCUT2D eigenvalue weighted by molar-refractivity contribution is 0.253. The van der Waals surface area contributed by atoms with E-state index in [-0.39, 0.29) is 0 Å². The van der Waals surface area contributed by atoms with Crippen LogP contribution in [-0.4, -0.2) is 41.0 Å². The lowest BCUT2D eigenvalue weighted by Gasteiger charge is -2.27. The zero-order valence-electron chi connectivity index (χ0n) is 11.5. The Labute approximate surface area is 114 Å². The number of aromatic nitrogens is 2. The first-order valence-electron chi connectivity index (χ1n) is 7.17. The number of benzene rings is 1. The van der Waals surface area contributed by atoms with Crippen LogP contribution in [0.5, 0.6) is 0 Å². The van der Waals surface area contributed by atoms with Gasteiger partial charge in [0.25, 0.3) is 0 Å². The normalized spacial score (nSPS) is 20.2. The third-order valence-corrected chi connectivity index (χ3v) is 3.80. The zero-order valence-corrected chi connectivity index (χ0v) is 11.5. The standard InChI is InChI=1S/C15H22N4/c1-19(10-12-6-4-5-9-16-12)11-15-17-13-7-2-3-8-14(13)18-15/h2-3,7-8,12,16H,4-6,9-11H2,1H3,(H,17,18). The van der Waals surface area contributed by atoms with Crippen molar-refractivity contribution in [3.05, 3.63) is 30.1 Å². The van der Waals surface area contributed by atoms with Gasteiger partial charge in [-0.1, -0.05) is 18.6 Å². The van der Waals surface area contributed by atoms with Crippen LogP contribution in [0.4, 0.5) is 0 Å². The summed E-state index contributed by atoms with van der Waals surface area (Å²) in [6.45, 7) is 3.15. The minimum absolute atomic E-state index is 0.642. The van der Waals surface area contributed by atoms with E-state index in [1.807, 2.05) is 12.1 Å². The van der Waals surface area contributed by atoms with Crippen molar-refractivity contribution in [2.24, 2.45) is 0 Å². The van der Waals surface area contributed by atoms with Gasteiger partial charge in [0.05, 0.1) is 17.6 Å².